The Balaban J connectivity index is 2.23. The number of hydrogen-bond donors (Lipinski definition) is 1. The molecule has 2 rings (SSSR count). The molecular weight excluding hydrogens is 268 g/mol. The van der Waals surface area contributed by atoms with E-state index in [4.69, 9.17) is 5.26 Å². The van der Waals surface area contributed by atoms with E-state index in [0.29, 0.717) is 16.8 Å². The number of rotatable bonds is 3. The molecule has 0 spiro atoms. The second-order valence-corrected chi connectivity index (χ2v) is 4.18. The van der Waals surface area contributed by atoms with Crippen molar-refractivity contribution in [1.29, 1.82) is 5.26 Å². The van der Waals surface area contributed by atoms with Crippen LogP contribution in [0.4, 0.5) is 5.69 Å². The van der Waals surface area contributed by atoms with Crippen LogP contribution >= 0.6 is 0 Å². The maximum absolute atomic E-state index is 12.1. The van der Waals surface area contributed by atoms with Crippen molar-refractivity contribution in [3.8, 4) is 6.07 Å². The molecule has 0 saturated carbocycles. The van der Waals surface area contributed by atoms with Crippen LogP contribution in [0.15, 0.2) is 48.5 Å². The maximum Gasteiger partial charge on any atom is 0.339 e. The van der Waals surface area contributed by atoms with Gasteiger partial charge in [0.2, 0.25) is 0 Å². The number of benzene rings is 2. The van der Waals surface area contributed by atoms with E-state index in [1.54, 1.807) is 48.5 Å². The molecule has 104 valence electrons. The van der Waals surface area contributed by atoms with Crippen LogP contribution in [-0.4, -0.2) is 19.0 Å². The van der Waals surface area contributed by atoms with Gasteiger partial charge in [-0.1, -0.05) is 12.1 Å². The topological polar surface area (TPSA) is 79.2 Å². The fraction of sp³-hybridized carbons (Fsp3) is 0.0625. The Bertz CT molecular complexity index is 715. The van der Waals surface area contributed by atoms with E-state index in [1.165, 1.54) is 7.11 Å². The Hall–Kier alpha value is -3.13. The minimum absolute atomic E-state index is 0.280. The number of carbonyl (C=O) groups excluding carboxylic acids is 2. The monoisotopic (exact) mass is 280 g/mol. The van der Waals surface area contributed by atoms with Crippen molar-refractivity contribution in [2.24, 2.45) is 0 Å². The smallest absolute Gasteiger partial charge is 0.339 e. The molecule has 5 nitrogen and oxygen atoms in total. The lowest BCUT2D eigenvalue weighted by Gasteiger charge is -2.09. The van der Waals surface area contributed by atoms with Crippen LogP contribution in [0.1, 0.15) is 26.3 Å². The van der Waals surface area contributed by atoms with Gasteiger partial charge in [0.25, 0.3) is 5.91 Å². The van der Waals surface area contributed by atoms with Gasteiger partial charge >= 0.3 is 5.97 Å². The molecule has 0 atom stereocenters. The summed E-state index contributed by atoms with van der Waals surface area (Å²) >= 11 is 0. The molecule has 0 aromatic heterocycles. The Morgan fingerprint density at radius 2 is 1.76 bits per heavy atom. The number of esters is 1. The van der Waals surface area contributed by atoms with Crippen molar-refractivity contribution in [2.75, 3.05) is 12.4 Å². The van der Waals surface area contributed by atoms with E-state index < -0.39 is 5.97 Å². The highest BCUT2D eigenvalue weighted by Crippen LogP contribution is 2.17. The normalized spacial score (nSPS) is 9.52. The lowest BCUT2D eigenvalue weighted by atomic mass is 10.1. The van der Waals surface area contributed by atoms with E-state index in [2.05, 4.69) is 10.1 Å². The lowest BCUT2D eigenvalue weighted by Crippen LogP contribution is -2.15. The summed E-state index contributed by atoms with van der Waals surface area (Å²) < 4.78 is 4.67. The summed E-state index contributed by atoms with van der Waals surface area (Å²) in [6.45, 7) is 0. The number of ether oxygens (including phenoxy) is 1. The lowest BCUT2D eigenvalue weighted by molar-refractivity contribution is 0.0602. The maximum atomic E-state index is 12.1. The third kappa shape index (κ3) is 3.25. The third-order valence-electron chi connectivity index (χ3n) is 2.86. The fourth-order valence-corrected chi connectivity index (χ4v) is 1.77. The summed E-state index contributed by atoms with van der Waals surface area (Å²) in [7, 11) is 1.28. The van der Waals surface area contributed by atoms with Crippen LogP contribution in [0.2, 0.25) is 0 Å². The summed E-state index contributed by atoms with van der Waals surface area (Å²) in [5.41, 5.74) is 1.52. The SMILES string of the molecule is COC(=O)c1ccccc1NC(=O)c1ccc(C#N)cc1. The van der Waals surface area contributed by atoms with Crippen molar-refractivity contribution in [3.05, 3.63) is 65.2 Å². The van der Waals surface area contributed by atoms with Crippen molar-refractivity contribution in [1.82, 2.24) is 0 Å². The van der Waals surface area contributed by atoms with Crippen LogP contribution in [0.5, 0.6) is 0 Å². The first kappa shape index (κ1) is 14.3. The first-order valence-corrected chi connectivity index (χ1v) is 6.14. The molecule has 0 unspecified atom stereocenters. The summed E-state index contributed by atoms with van der Waals surface area (Å²) in [6.07, 6.45) is 0. The molecule has 21 heavy (non-hydrogen) atoms. The number of methoxy groups -OCH3 is 1. The van der Waals surface area contributed by atoms with Gasteiger partial charge in [-0.15, -0.1) is 0 Å². The molecule has 0 aliphatic heterocycles. The van der Waals surface area contributed by atoms with Gasteiger partial charge in [0.05, 0.1) is 30.0 Å². The van der Waals surface area contributed by atoms with Gasteiger partial charge in [0, 0.05) is 5.56 Å². The standard InChI is InChI=1S/C16H12N2O3/c1-21-16(20)13-4-2-3-5-14(13)18-15(19)12-8-6-11(10-17)7-9-12/h2-9H,1H3,(H,18,19). The molecule has 0 heterocycles. The highest BCUT2D eigenvalue weighted by Gasteiger charge is 2.14. The first-order chi connectivity index (χ1) is 10.2. The van der Waals surface area contributed by atoms with E-state index in [1.807, 2.05) is 6.07 Å². The number of amides is 1. The minimum Gasteiger partial charge on any atom is -0.465 e. The summed E-state index contributed by atoms with van der Waals surface area (Å²) in [6, 6.07) is 14.8. The predicted molar refractivity (Wildman–Crippen MR) is 76.9 cm³/mol. The zero-order valence-electron chi connectivity index (χ0n) is 11.3. The number of nitrogens with one attached hydrogen (secondary N) is 1. The Labute approximate surface area is 121 Å². The molecular formula is C16H12N2O3. The van der Waals surface area contributed by atoms with Crippen LogP contribution < -0.4 is 5.32 Å². The van der Waals surface area contributed by atoms with E-state index in [0.717, 1.165) is 0 Å². The fourth-order valence-electron chi connectivity index (χ4n) is 1.77. The quantitative estimate of drug-likeness (QED) is 0.876. The molecule has 1 amide bonds. The van der Waals surface area contributed by atoms with Crippen LogP contribution in [0.3, 0.4) is 0 Å². The van der Waals surface area contributed by atoms with Gasteiger partial charge in [-0.05, 0) is 36.4 Å². The Morgan fingerprint density at radius 3 is 2.38 bits per heavy atom. The Kier molecular flexibility index (Phi) is 4.32. The number of anilines is 1. The van der Waals surface area contributed by atoms with Crippen molar-refractivity contribution < 1.29 is 14.3 Å². The van der Waals surface area contributed by atoms with Crippen molar-refractivity contribution in [3.63, 3.8) is 0 Å². The van der Waals surface area contributed by atoms with Crippen LogP contribution in [0, 0.1) is 11.3 Å². The van der Waals surface area contributed by atoms with E-state index in [9.17, 15) is 9.59 Å². The van der Waals surface area contributed by atoms with Gasteiger partial charge in [0.1, 0.15) is 0 Å². The van der Waals surface area contributed by atoms with E-state index >= 15 is 0 Å². The van der Waals surface area contributed by atoms with Gasteiger partial charge in [-0.25, -0.2) is 4.79 Å². The summed E-state index contributed by atoms with van der Waals surface area (Å²) in [4.78, 5) is 23.8. The zero-order valence-corrected chi connectivity index (χ0v) is 11.3. The highest BCUT2D eigenvalue weighted by molar-refractivity contribution is 6.08. The average Bonchev–Trinajstić information content (AvgIpc) is 2.54. The predicted octanol–water partition coefficient (Wildman–Crippen LogP) is 2.60. The number of carbonyl (C=O) groups is 2. The molecule has 0 saturated heterocycles. The molecule has 0 radical (unpaired) electrons. The zero-order chi connectivity index (χ0) is 15.2. The molecule has 5 heteroatoms. The molecule has 2 aromatic carbocycles. The number of nitrogens with zero attached hydrogens (tertiary/aromatic N) is 1. The number of hydrogen-bond acceptors (Lipinski definition) is 4. The van der Waals surface area contributed by atoms with Gasteiger partial charge in [-0.2, -0.15) is 5.26 Å². The minimum atomic E-state index is -0.522. The highest BCUT2D eigenvalue weighted by atomic mass is 16.5. The number of para-hydroxylation sites is 1. The van der Waals surface area contributed by atoms with Gasteiger partial charge < -0.3 is 10.1 Å². The van der Waals surface area contributed by atoms with Gasteiger partial charge in [0.15, 0.2) is 0 Å². The largest absolute Gasteiger partial charge is 0.465 e. The van der Waals surface area contributed by atoms with Crippen LogP contribution in [-0.2, 0) is 4.74 Å². The third-order valence-corrected chi connectivity index (χ3v) is 2.86. The molecule has 0 aliphatic carbocycles. The second kappa shape index (κ2) is 6.35. The van der Waals surface area contributed by atoms with Crippen molar-refractivity contribution >= 4 is 17.6 Å². The number of nitriles is 1. The first-order valence-electron chi connectivity index (χ1n) is 6.14. The summed E-state index contributed by atoms with van der Waals surface area (Å²) in [5.74, 6) is -0.887. The molecule has 2 aromatic rings. The Morgan fingerprint density at radius 1 is 1.10 bits per heavy atom. The molecule has 1 N–H and O–H groups in total. The summed E-state index contributed by atoms with van der Waals surface area (Å²) in [5, 5.41) is 11.4. The van der Waals surface area contributed by atoms with Crippen molar-refractivity contribution in [2.45, 2.75) is 0 Å². The average molecular weight is 280 g/mol. The van der Waals surface area contributed by atoms with E-state index in [-0.39, 0.29) is 11.5 Å². The second-order valence-electron chi connectivity index (χ2n) is 4.18. The molecule has 0 fully saturated rings. The molecule has 0 aliphatic rings. The van der Waals surface area contributed by atoms with Gasteiger partial charge in [-0.3, -0.25) is 4.79 Å². The molecule has 0 bridgehead atoms. The van der Waals surface area contributed by atoms with Crippen LogP contribution in [0.25, 0.3) is 0 Å².